The molecule has 6 nitrogen and oxygen atoms in total. The van der Waals surface area contributed by atoms with E-state index in [-0.39, 0.29) is 18.7 Å². The van der Waals surface area contributed by atoms with Crippen LogP contribution in [0.1, 0.15) is 18.1 Å². The molecule has 0 radical (unpaired) electrons. The highest BCUT2D eigenvalue weighted by Crippen LogP contribution is 2.11. The fourth-order valence-corrected chi connectivity index (χ4v) is 3.28. The standard InChI is InChI=1S/C20H21IN2O4/c1-13(24)22-17(11-14-6-3-2-4-7-14)19(25)23-18(20(26)27)12-15-8-5-9-16(21)10-15/h2-10,17-18H,11-12H2,1H3,(H,22,24)(H,23,25)(H,26,27)/t17-,18-/m0/s1. The fourth-order valence-electron chi connectivity index (χ4n) is 2.68. The Bertz CT molecular complexity index is 811. The van der Waals surface area contributed by atoms with Gasteiger partial charge in [-0.15, -0.1) is 0 Å². The van der Waals surface area contributed by atoms with Crippen LogP contribution >= 0.6 is 22.6 Å². The minimum absolute atomic E-state index is 0.163. The molecule has 7 heteroatoms. The average molecular weight is 480 g/mol. The third-order valence-corrected chi connectivity index (χ3v) is 4.59. The number of halogens is 1. The van der Waals surface area contributed by atoms with Crippen LogP contribution in [-0.4, -0.2) is 35.0 Å². The summed E-state index contributed by atoms with van der Waals surface area (Å²) in [5, 5.41) is 14.7. The molecule has 2 amide bonds. The molecule has 0 aliphatic heterocycles. The van der Waals surface area contributed by atoms with Gasteiger partial charge in [0, 0.05) is 23.3 Å². The van der Waals surface area contributed by atoms with Gasteiger partial charge in [0.15, 0.2) is 0 Å². The SMILES string of the molecule is CC(=O)N[C@@H](Cc1ccccc1)C(=O)N[C@@H](Cc1cccc(I)c1)C(=O)O. The zero-order chi connectivity index (χ0) is 19.8. The van der Waals surface area contributed by atoms with E-state index >= 15 is 0 Å². The van der Waals surface area contributed by atoms with Crippen LogP contribution in [0.2, 0.25) is 0 Å². The van der Waals surface area contributed by atoms with Gasteiger partial charge in [0.2, 0.25) is 11.8 Å². The number of carbonyl (C=O) groups is 3. The number of benzene rings is 2. The Morgan fingerprint density at radius 2 is 1.56 bits per heavy atom. The van der Waals surface area contributed by atoms with Crippen LogP contribution in [0.15, 0.2) is 54.6 Å². The maximum absolute atomic E-state index is 12.7. The molecule has 0 aromatic heterocycles. The second-order valence-corrected chi connectivity index (χ2v) is 7.42. The van der Waals surface area contributed by atoms with Gasteiger partial charge in [-0.1, -0.05) is 42.5 Å². The first-order chi connectivity index (χ1) is 12.8. The van der Waals surface area contributed by atoms with E-state index in [9.17, 15) is 19.5 Å². The van der Waals surface area contributed by atoms with Crippen molar-refractivity contribution in [2.45, 2.75) is 31.8 Å². The van der Waals surface area contributed by atoms with Gasteiger partial charge < -0.3 is 15.7 Å². The summed E-state index contributed by atoms with van der Waals surface area (Å²) in [5.41, 5.74) is 1.68. The predicted octanol–water partition coefficient (Wildman–Crippen LogP) is 2.15. The lowest BCUT2D eigenvalue weighted by Gasteiger charge is -2.21. The summed E-state index contributed by atoms with van der Waals surface area (Å²) in [6.07, 6.45) is 0.442. The minimum atomic E-state index is -1.12. The summed E-state index contributed by atoms with van der Waals surface area (Å²) in [5.74, 6) is -1.99. The third-order valence-electron chi connectivity index (χ3n) is 3.92. The molecule has 2 aromatic rings. The van der Waals surface area contributed by atoms with Crippen molar-refractivity contribution in [1.29, 1.82) is 0 Å². The maximum Gasteiger partial charge on any atom is 0.326 e. The van der Waals surface area contributed by atoms with E-state index in [0.29, 0.717) is 0 Å². The summed E-state index contributed by atoms with van der Waals surface area (Å²) in [6, 6.07) is 14.8. The van der Waals surface area contributed by atoms with Gasteiger partial charge in [0.25, 0.3) is 0 Å². The lowest BCUT2D eigenvalue weighted by Crippen LogP contribution is -2.52. The number of amides is 2. The zero-order valence-electron chi connectivity index (χ0n) is 14.8. The maximum atomic E-state index is 12.7. The molecule has 0 spiro atoms. The summed E-state index contributed by atoms with van der Waals surface area (Å²) >= 11 is 2.15. The van der Waals surface area contributed by atoms with Crippen molar-refractivity contribution >= 4 is 40.4 Å². The van der Waals surface area contributed by atoms with Crippen LogP contribution in [0.4, 0.5) is 0 Å². The molecule has 0 unspecified atom stereocenters. The second kappa shape index (κ2) is 10.1. The summed E-state index contributed by atoms with van der Waals surface area (Å²) in [4.78, 5) is 35.8. The largest absolute Gasteiger partial charge is 0.480 e. The lowest BCUT2D eigenvalue weighted by atomic mass is 10.0. The molecule has 142 valence electrons. The number of nitrogens with one attached hydrogen (secondary N) is 2. The Hall–Kier alpha value is -2.42. The Morgan fingerprint density at radius 3 is 2.15 bits per heavy atom. The Balaban J connectivity index is 2.11. The number of carboxylic acids is 1. The molecule has 3 N–H and O–H groups in total. The number of aliphatic carboxylic acids is 1. The molecule has 2 rings (SSSR count). The highest BCUT2D eigenvalue weighted by atomic mass is 127. The van der Waals surface area contributed by atoms with Crippen molar-refractivity contribution in [3.8, 4) is 0 Å². The molecule has 27 heavy (non-hydrogen) atoms. The van der Waals surface area contributed by atoms with Crippen molar-refractivity contribution in [2.75, 3.05) is 0 Å². The molecular formula is C20H21IN2O4. The van der Waals surface area contributed by atoms with Gasteiger partial charge in [0.05, 0.1) is 0 Å². The van der Waals surface area contributed by atoms with Crippen molar-refractivity contribution in [2.24, 2.45) is 0 Å². The average Bonchev–Trinajstić information content (AvgIpc) is 2.61. The van der Waals surface area contributed by atoms with Crippen LogP contribution < -0.4 is 10.6 Å². The number of hydrogen-bond donors (Lipinski definition) is 3. The summed E-state index contributed by atoms with van der Waals surface area (Å²) in [6.45, 7) is 1.33. The number of carboxylic acid groups (broad SMARTS) is 1. The van der Waals surface area contributed by atoms with Crippen LogP contribution in [-0.2, 0) is 27.2 Å². The number of hydrogen-bond acceptors (Lipinski definition) is 3. The molecule has 0 aliphatic carbocycles. The molecule has 2 atom stereocenters. The molecule has 0 bridgehead atoms. The molecule has 0 aliphatic rings. The smallest absolute Gasteiger partial charge is 0.326 e. The second-order valence-electron chi connectivity index (χ2n) is 6.18. The number of carbonyl (C=O) groups excluding carboxylic acids is 2. The van der Waals surface area contributed by atoms with Gasteiger partial charge >= 0.3 is 5.97 Å². The van der Waals surface area contributed by atoms with E-state index in [0.717, 1.165) is 14.7 Å². The quantitative estimate of drug-likeness (QED) is 0.505. The first kappa shape index (κ1) is 20.9. The van der Waals surface area contributed by atoms with Crippen LogP contribution in [0.5, 0.6) is 0 Å². The number of rotatable bonds is 8. The monoisotopic (exact) mass is 480 g/mol. The van der Waals surface area contributed by atoms with Crippen LogP contribution in [0.25, 0.3) is 0 Å². The van der Waals surface area contributed by atoms with Crippen molar-refractivity contribution in [3.05, 3.63) is 69.3 Å². The molecular weight excluding hydrogens is 459 g/mol. The first-order valence-electron chi connectivity index (χ1n) is 8.44. The predicted molar refractivity (Wildman–Crippen MR) is 110 cm³/mol. The van der Waals surface area contributed by atoms with E-state index in [1.165, 1.54) is 6.92 Å². The Kier molecular flexibility index (Phi) is 7.78. The van der Waals surface area contributed by atoms with E-state index in [1.807, 2.05) is 54.6 Å². The highest BCUT2D eigenvalue weighted by Gasteiger charge is 2.26. The third kappa shape index (κ3) is 7.01. The Morgan fingerprint density at radius 1 is 0.926 bits per heavy atom. The van der Waals surface area contributed by atoms with E-state index in [2.05, 4.69) is 33.2 Å². The topological polar surface area (TPSA) is 95.5 Å². The van der Waals surface area contributed by atoms with E-state index in [4.69, 9.17) is 0 Å². The van der Waals surface area contributed by atoms with Gasteiger partial charge in [-0.05, 0) is 45.9 Å². The Labute approximate surface area is 171 Å². The van der Waals surface area contributed by atoms with Gasteiger partial charge in [-0.25, -0.2) is 4.79 Å². The zero-order valence-corrected chi connectivity index (χ0v) is 17.0. The normalized spacial score (nSPS) is 12.7. The van der Waals surface area contributed by atoms with Gasteiger partial charge in [0.1, 0.15) is 12.1 Å². The van der Waals surface area contributed by atoms with Crippen LogP contribution in [0.3, 0.4) is 0 Å². The van der Waals surface area contributed by atoms with Gasteiger partial charge in [-0.3, -0.25) is 9.59 Å². The van der Waals surface area contributed by atoms with Crippen LogP contribution in [0, 0.1) is 3.57 Å². The van der Waals surface area contributed by atoms with Crippen molar-refractivity contribution in [1.82, 2.24) is 10.6 Å². The van der Waals surface area contributed by atoms with E-state index in [1.54, 1.807) is 0 Å². The molecule has 0 saturated carbocycles. The highest BCUT2D eigenvalue weighted by molar-refractivity contribution is 14.1. The minimum Gasteiger partial charge on any atom is -0.480 e. The fraction of sp³-hybridized carbons (Fsp3) is 0.250. The first-order valence-corrected chi connectivity index (χ1v) is 9.51. The molecule has 0 fully saturated rings. The lowest BCUT2D eigenvalue weighted by molar-refractivity contribution is -0.142. The molecule has 0 heterocycles. The van der Waals surface area contributed by atoms with Crippen molar-refractivity contribution < 1.29 is 19.5 Å². The summed E-state index contributed by atoms with van der Waals surface area (Å²) in [7, 11) is 0. The molecule has 0 saturated heterocycles. The van der Waals surface area contributed by atoms with Crippen molar-refractivity contribution in [3.63, 3.8) is 0 Å². The van der Waals surface area contributed by atoms with Gasteiger partial charge in [-0.2, -0.15) is 0 Å². The molecule has 2 aromatic carbocycles. The van der Waals surface area contributed by atoms with E-state index < -0.39 is 24.0 Å². The summed E-state index contributed by atoms with van der Waals surface area (Å²) < 4.78 is 0.987.